The van der Waals surface area contributed by atoms with Gasteiger partial charge < -0.3 is 20.3 Å². The molecule has 2 unspecified atom stereocenters. The Hall–Kier alpha value is -2.48. The maximum atomic E-state index is 13.3. The number of carbonyl (C=O) groups excluding carboxylic acids is 3. The van der Waals surface area contributed by atoms with Gasteiger partial charge in [0.05, 0.1) is 0 Å². The summed E-state index contributed by atoms with van der Waals surface area (Å²) in [7, 11) is 0. The number of hydrogen-bond donors (Lipinski definition) is 3. The van der Waals surface area contributed by atoms with Crippen LogP contribution in [0.3, 0.4) is 0 Å². The molecule has 0 bridgehead atoms. The highest BCUT2D eigenvalue weighted by Gasteiger charge is 2.35. The molecule has 2 N–H and O–H groups in total. The Bertz CT molecular complexity index is 732. The summed E-state index contributed by atoms with van der Waals surface area (Å²) in [5, 5.41) is 5.42. The zero-order valence-corrected chi connectivity index (χ0v) is 19.2. The van der Waals surface area contributed by atoms with Gasteiger partial charge in [-0.3, -0.25) is 9.59 Å². The van der Waals surface area contributed by atoms with Crippen LogP contribution < -0.4 is 10.6 Å². The number of benzene rings is 1. The maximum Gasteiger partial charge on any atom is 0.408 e. The summed E-state index contributed by atoms with van der Waals surface area (Å²) >= 11 is 4.22. The van der Waals surface area contributed by atoms with Gasteiger partial charge in [0.2, 0.25) is 11.8 Å². The zero-order chi connectivity index (χ0) is 22.9. The third-order valence-electron chi connectivity index (χ3n) is 3.89. The van der Waals surface area contributed by atoms with Crippen molar-refractivity contribution in [1.29, 1.82) is 0 Å². The number of alkyl carbamates (subject to hydrolysis) is 1. The second-order valence-corrected chi connectivity index (χ2v) is 8.50. The number of carbonyl (C=O) groups is 3. The van der Waals surface area contributed by atoms with Gasteiger partial charge in [-0.15, -0.1) is 6.58 Å². The van der Waals surface area contributed by atoms with Gasteiger partial charge in [-0.25, -0.2) is 4.79 Å². The summed E-state index contributed by atoms with van der Waals surface area (Å²) in [4.78, 5) is 40.0. The topological polar surface area (TPSA) is 87.7 Å². The van der Waals surface area contributed by atoms with Crippen LogP contribution in [-0.2, 0) is 14.3 Å². The summed E-state index contributed by atoms with van der Waals surface area (Å²) in [5.41, 5.74) is -0.0558. The lowest BCUT2D eigenvalue weighted by molar-refractivity contribution is -0.141. The number of nitrogens with one attached hydrogen (secondary N) is 2. The minimum absolute atomic E-state index is 0.0407. The highest BCUT2D eigenvalue weighted by Crippen LogP contribution is 2.23. The summed E-state index contributed by atoms with van der Waals surface area (Å²) in [6, 6.07) is 7.04. The Kier molecular flexibility index (Phi) is 9.92. The van der Waals surface area contributed by atoms with Gasteiger partial charge in [-0.1, -0.05) is 36.4 Å². The number of hydrogen-bond acceptors (Lipinski definition) is 5. The number of nitrogens with zero attached hydrogens (tertiary/aromatic N) is 1. The third-order valence-corrected chi connectivity index (χ3v) is 4.25. The molecule has 1 rings (SSSR count). The summed E-state index contributed by atoms with van der Waals surface area (Å²) in [6.45, 7) is 12.7. The van der Waals surface area contributed by atoms with Crippen LogP contribution >= 0.6 is 12.6 Å². The van der Waals surface area contributed by atoms with Gasteiger partial charge in [-0.05, 0) is 40.2 Å². The van der Waals surface area contributed by atoms with Crippen molar-refractivity contribution in [2.75, 3.05) is 12.3 Å². The molecule has 0 aliphatic heterocycles. The largest absolute Gasteiger partial charge is 0.444 e. The van der Waals surface area contributed by atoms with E-state index in [1.807, 2.05) is 19.9 Å². The molecule has 0 aliphatic rings. The first-order valence-electron chi connectivity index (χ1n) is 9.87. The molecular formula is C22H33N3O4S. The van der Waals surface area contributed by atoms with Crippen molar-refractivity contribution in [2.24, 2.45) is 0 Å². The summed E-state index contributed by atoms with van der Waals surface area (Å²) < 4.78 is 5.25. The fourth-order valence-electron chi connectivity index (χ4n) is 2.77. The molecule has 0 saturated carbocycles. The van der Waals surface area contributed by atoms with E-state index in [1.165, 1.54) is 4.90 Å². The first-order chi connectivity index (χ1) is 14.0. The monoisotopic (exact) mass is 435 g/mol. The van der Waals surface area contributed by atoms with E-state index in [0.29, 0.717) is 5.56 Å². The van der Waals surface area contributed by atoms with Gasteiger partial charge in [0.25, 0.3) is 0 Å². The standard InChI is InChI=1S/C22H33N3O4S/c1-7-13-25(20(27)17(14-30)24-21(28)29-22(4,5)6)18(19(26)23-15(2)3)16-11-9-8-10-12-16/h7-12,15,17-18,30H,1,13-14H2,2-6H3,(H,23,26)(H,24,28). The van der Waals surface area contributed by atoms with Crippen LogP contribution in [0.4, 0.5) is 4.79 Å². The van der Waals surface area contributed by atoms with Crippen molar-refractivity contribution in [1.82, 2.24) is 15.5 Å². The molecule has 0 aromatic heterocycles. The predicted molar refractivity (Wildman–Crippen MR) is 121 cm³/mol. The van der Waals surface area contributed by atoms with Crippen molar-refractivity contribution >= 4 is 30.5 Å². The van der Waals surface area contributed by atoms with Crippen LogP contribution in [-0.4, -0.2) is 52.8 Å². The zero-order valence-electron chi connectivity index (χ0n) is 18.3. The Morgan fingerprint density at radius 2 is 1.77 bits per heavy atom. The molecule has 0 saturated heterocycles. The molecule has 0 aliphatic carbocycles. The minimum Gasteiger partial charge on any atom is -0.444 e. The predicted octanol–water partition coefficient (Wildman–Crippen LogP) is 3.09. The lowest BCUT2D eigenvalue weighted by Crippen LogP contribution is -2.54. The highest BCUT2D eigenvalue weighted by atomic mass is 32.1. The number of amides is 3. The number of rotatable bonds is 9. The van der Waals surface area contributed by atoms with Gasteiger partial charge in [0.1, 0.15) is 17.7 Å². The van der Waals surface area contributed by atoms with Gasteiger partial charge in [0, 0.05) is 18.3 Å². The maximum absolute atomic E-state index is 13.3. The van der Waals surface area contributed by atoms with Crippen molar-refractivity contribution < 1.29 is 19.1 Å². The van der Waals surface area contributed by atoms with Crippen LogP contribution in [0, 0.1) is 0 Å². The Labute approximate surface area is 184 Å². The van der Waals surface area contributed by atoms with Crippen molar-refractivity contribution in [2.45, 2.75) is 58.3 Å². The van der Waals surface area contributed by atoms with E-state index in [1.54, 1.807) is 51.1 Å². The molecule has 2 atom stereocenters. The first-order valence-corrected chi connectivity index (χ1v) is 10.5. The molecular weight excluding hydrogens is 402 g/mol. The molecule has 8 heteroatoms. The molecule has 0 heterocycles. The molecule has 0 spiro atoms. The average molecular weight is 436 g/mol. The van der Waals surface area contributed by atoms with E-state index in [-0.39, 0.29) is 24.2 Å². The van der Waals surface area contributed by atoms with Crippen LogP contribution in [0.5, 0.6) is 0 Å². The smallest absolute Gasteiger partial charge is 0.408 e. The van der Waals surface area contributed by atoms with Crippen LogP contribution in [0.15, 0.2) is 43.0 Å². The molecule has 0 radical (unpaired) electrons. The lowest BCUT2D eigenvalue weighted by Gasteiger charge is -2.33. The Balaban J connectivity index is 3.24. The summed E-state index contributed by atoms with van der Waals surface area (Å²) in [6.07, 6.45) is 0.816. The van der Waals surface area contributed by atoms with Gasteiger partial charge >= 0.3 is 6.09 Å². The minimum atomic E-state index is -0.971. The highest BCUT2D eigenvalue weighted by molar-refractivity contribution is 7.80. The van der Waals surface area contributed by atoms with Crippen molar-refractivity contribution in [3.63, 3.8) is 0 Å². The molecule has 3 amide bonds. The number of thiol groups is 1. The van der Waals surface area contributed by atoms with E-state index < -0.39 is 29.7 Å². The first kappa shape index (κ1) is 25.6. The average Bonchev–Trinajstić information content (AvgIpc) is 2.64. The Morgan fingerprint density at radius 1 is 1.17 bits per heavy atom. The SMILES string of the molecule is C=CCN(C(=O)C(CS)NC(=O)OC(C)(C)C)C(C(=O)NC(C)C)c1ccccc1. The second-order valence-electron chi connectivity index (χ2n) is 8.14. The van der Waals surface area contributed by atoms with Crippen molar-refractivity contribution in [3.05, 3.63) is 48.6 Å². The van der Waals surface area contributed by atoms with E-state index in [9.17, 15) is 14.4 Å². The molecule has 1 aromatic rings. The molecule has 166 valence electrons. The van der Waals surface area contributed by atoms with E-state index in [4.69, 9.17) is 4.74 Å². The van der Waals surface area contributed by atoms with Gasteiger partial charge in [-0.2, -0.15) is 12.6 Å². The van der Waals surface area contributed by atoms with Crippen LogP contribution in [0.25, 0.3) is 0 Å². The lowest BCUT2D eigenvalue weighted by atomic mass is 10.0. The fourth-order valence-corrected chi connectivity index (χ4v) is 3.02. The molecule has 30 heavy (non-hydrogen) atoms. The van der Waals surface area contributed by atoms with E-state index >= 15 is 0 Å². The molecule has 0 fully saturated rings. The molecule has 7 nitrogen and oxygen atoms in total. The third kappa shape index (κ3) is 8.10. The van der Waals surface area contributed by atoms with E-state index in [2.05, 4.69) is 29.8 Å². The fraction of sp³-hybridized carbons (Fsp3) is 0.500. The van der Waals surface area contributed by atoms with Gasteiger partial charge in [0.15, 0.2) is 0 Å². The Morgan fingerprint density at radius 3 is 2.23 bits per heavy atom. The summed E-state index contributed by atoms with van der Waals surface area (Å²) in [5.74, 6) is -0.732. The second kappa shape index (κ2) is 11.6. The van der Waals surface area contributed by atoms with E-state index in [0.717, 1.165) is 0 Å². The van der Waals surface area contributed by atoms with Crippen molar-refractivity contribution in [3.8, 4) is 0 Å². The number of ether oxygens (including phenoxy) is 1. The van der Waals surface area contributed by atoms with Crippen LogP contribution in [0.2, 0.25) is 0 Å². The molecule has 1 aromatic carbocycles. The van der Waals surface area contributed by atoms with Crippen LogP contribution in [0.1, 0.15) is 46.2 Å². The quantitative estimate of drug-likeness (QED) is 0.411. The normalized spacial score (nSPS) is 13.2.